The molecule has 9 nitrogen and oxygen atoms in total. The van der Waals surface area contributed by atoms with Gasteiger partial charge in [-0.3, -0.25) is 4.90 Å². The number of rotatable bonds is 4. The van der Waals surface area contributed by atoms with Crippen molar-refractivity contribution in [1.82, 2.24) is 14.5 Å². The Morgan fingerprint density at radius 3 is 2.67 bits per heavy atom. The molecule has 0 aromatic carbocycles. The van der Waals surface area contributed by atoms with E-state index >= 15 is 0 Å². The number of hydrogen-bond acceptors (Lipinski definition) is 8. The topological polar surface area (TPSA) is 120 Å². The molecule has 4 N–H and O–H groups in total. The first kappa shape index (κ1) is 22.2. The van der Waals surface area contributed by atoms with Gasteiger partial charge in [0.1, 0.15) is 24.1 Å². The third kappa shape index (κ3) is 7.11. The SMILES string of the molecule is Cn1ccnc1CN1CCCOCCCCO[C@H]([C@H](O)CO)[C@H](O)[C@H](O)C1. The second-order valence-corrected chi connectivity index (χ2v) is 7.01. The minimum atomic E-state index is -1.31. The monoisotopic (exact) mass is 387 g/mol. The summed E-state index contributed by atoms with van der Waals surface area (Å²) in [6.07, 6.45) is 1.12. The van der Waals surface area contributed by atoms with E-state index in [9.17, 15) is 20.4 Å². The molecule has 0 bridgehead atoms. The van der Waals surface area contributed by atoms with Gasteiger partial charge in [0.05, 0.1) is 19.3 Å². The number of aromatic nitrogens is 2. The Morgan fingerprint density at radius 1 is 1.22 bits per heavy atom. The fourth-order valence-electron chi connectivity index (χ4n) is 3.13. The molecule has 1 fully saturated rings. The Balaban J connectivity index is 2.07. The van der Waals surface area contributed by atoms with E-state index in [2.05, 4.69) is 4.98 Å². The summed E-state index contributed by atoms with van der Waals surface area (Å²) in [4.78, 5) is 6.31. The minimum absolute atomic E-state index is 0.187. The van der Waals surface area contributed by atoms with Crippen LogP contribution in [0.5, 0.6) is 0 Å². The number of hydrogen-bond donors (Lipinski definition) is 4. The highest BCUT2D eigenvalue weighted by Crippen LogP contribution is 2.14. The average Bonchev–Trinajstić information content (AvgIpc) is 3.06. The lowest BCUT2D eigenvalue weighted by Gasteiger charge is -2.33. The van der Waals surface area contributed by atoms with E-state index in [1.165, 1.54) is 0 Å². The van der Waals surface area contributed by atoms with Gasteiger partial charge < -0.3 is 34.5 Å². The lowest BCUT2D eigenvalue weighted by Crippen LogP contribution is -2.51. The first-order valence-corrected chi connectivity index (χ1v) is 9.56. The normalized spacial score (nSPS) is 28.6. The largest absolute Gasteiger partial charge is 0.394 e. The van der Waals surface area contributed by atoms with Gasteiger partial charge in [0.15, 0.2) is 0 Å². The maximum Gasteiger partial charge on any atom is 0.122 e. The van der Waals surface area contributed by atoms with E-state index in [1.807, 2.05) is 22.7 Å². The molecule has 9 heteroatoms. The molecule has 4 atom stereocenters. The van der Waals surface area contributed by atoms with Crippen LogP contribution in [0.25, 0.3) is 0 Å². The fraction of sp³-hybridized carbons (Fsp3) is 0.833. The van der Waals surface area contributed by atoms with Crippen LogP contribution in [0, 0.1) is 0 Å². The van der Waals surface area contributed by atoms with Gasteiger partial charge in [-0.05, 0) is 19.3 Å². The third-order valence-electron chi connectivity index (χ3n) is 4.78. The summed E-state index contributed by atoms with van der Waals surface area (Å²) in [7, 11) is 1.91. The maximum absolute atomic E-state index is 10.5. The summed E-state index contributed by atoms with van der Waals surface area (Å²) < 4.78 is 13.1. The van der Waals surface area contributed by atoms with Crippen molar-refractivity contribution in [2.24, 2.45) is 7.05 Å². The van der Waals surface area contributed by atoms with Crippen molar-refractivity contribution in [1.29, 1.82) is 0 Å². The second-order valence-electron chi connectivity index (χ2n) is 7.01. The highest BCUT2D eigenvalue weighted by Gasteiger charge is 2.33. The third-order valence-corrected chi connectivity index (χ3v) is 4.78. The van der Waals surface area contributed by atoms with Crippen molar-refractivity contribution in [3.8, 4) is 0 Å². The van der Waals surface area contributed by atoms with Crippen LogP contribution in [0.3, 0.4) is 0 Å². The molecule has 0 spiro atoms. The van der Waals surface area contributed by atoms with Gasteiger partial charge in [0.25, 0.3) is 0 Å². The molecular weight excluding hydrogens is 354 g/mol. The van der Waals surface area contributed by atoms with Crippen LogP contribution in [0.2, 0.25) is 0 Å². The first-order valence-electron chi connectivity index (χ1n) is 9.56. The Hall–Kier alpha value is -1.07. The van der Waals surface area contributed by atoms with Gasteiger partial charge in [-0.15, -0.1) is 0 Å². The second kappa shape index (κ2) is 11.7. The van der Waals surface area contributed by atoms with E-state index < -0.39 is 31.0 Å². The molecule has 0 aliphatic carbocycles. The smallest absolute Gasteiger partial charge is 0.122 e. The van der Waals surface area contributed by atoms with E-state index in [1.54, 1.807) is 6.20 Å². The van der Waals surface area contributed by atoms with Crippen molar-refractivity contribution in [3.05, 3.63) is 18.2 Å². The van der Waals surface area contributed by atoms with Crippen molar-refractivity contribution in [2.45, 2.75) is 50.2 Å². The summed E-state index contributed by atoms with van der Waals surface area (Å²) in [5, 5.41) is 40.3. The molecule has 1 aromatic heterocycles. The molecule has 1 aliphatic rings. The zero-order valence-corrected chi connectivity index (χ0v) is 16.0. The molecule has 2 rings (SSSR count). The Kier molecular flexibility index (Phi) is 9.63. The number of aliphatic hydroxyl groups excluding tert-OH is 4. The fourth-order valence-corrected chi connectivity index (χ4v) is 3.13. The summed E-state index contributed by atoms with van der Waals surface area (Å²) >= 11 is 0. The van der Waals surface area contributed by atoms with Gasteiger partial charge in [0.2, 0.25) is 0 Å². The van der Waals surface area contributed by atoms with Gasteiger partial charge in [0, 0.05) is 52.4 Å². The average molecular weight is 387 g/mol. The van der Waals surface area contributed by atoms with E-state index in [0.717, 1.165) is 18.7 Å². The zero-order chi connectivity index (χ0) is 19.6. The molecule has 156 valence electrons. The maximum atomic E-state index is 10.5. The van der Waals surface area contributed by atoms with E-state index in [4.69, 9.17) is 9.47 Å². The molecule has 0 saturated carbocycles. The number of ether oxygens (including phenoxy) is 2. The van der Waals surface area contributed by atoms with Crippen LogP contribution in [0.4, 0.5) is 0 Å². The van der Waals surface area contributed by atoms with Crippen LogP contribution >= 0.6 is 0 Å². The number of imidazole rings is 1. The number of β-amino-alcohol motifs (C(OH)–C–C–N with tert-alkyl or cyclic N) is 1. The quantitative estimate of drug-likeness (QED) is 0.513. The summed E-state index contributed by atoms with van der Waals surface area (Å²) in [5.74, 6) is 0.849. The van der Waals surface area contributed by atoms with Crippen molar-refractivity contribution in [2.75, 3.05) is 39.5 Å². The van der Waals surface area contributed by atoms with Crippen LogP contribution in [-0.2, 0) is 23.1 Å². The van der Waals surface area contributed by atoms with Gasteiger partial charge >= 0.3 is 0 Å². The Bertz CT molecular complexity index is 529. The zero-order valence-electron chi connectivity index (χ0n) is 16.0. The first-order chi connectivity index (χ1) is 13.0. The van der Waals surface area contributed by atoms with Gasteiger partial charge in [-0.1, -0.05) is 0 Å². The molecule has 27 heavy (non-hydrogen) atoms. The highest BCUT2D eigenvalue weighted by atomic mass is 16.5. The number of nitrogens with zero attached hydrogens (tertiary/aromatic N) is 3. The molecule has 0 amide bonds. The van der Waals surface area contributed by atoms with Crippen LogP contribution in [-0.4, -0.2) is 98.8 Å². The predicted octanol–water partition coefficient (Wildman–Crippen LogP) is -1.12. The Morgan fingerprint density at radius 2 is 1.96 bits per heavy atom. The molecule has 2 heterocycles. The van der Waals surface area contributed by atoms with Crippen LogP contribution in [0.15, 0.2) is 12.4 Å². The van der Waals surface area contributed by atoms with E-state index in [-0.39, 0.29) is 6.54 Å². The molecule has 1 aliphatic heterocycles. The van der Waals surface area contributed by atoms with Gasteiger partial charge in [-0.2, -0.15) is 0 Å². The molecule has 0 radical (unpaired) electrons. The van der Waals surface area contributed by atoms with Crippen LogP contribution < -0.4 is 0 Å². The van der Waals surface area contributed by atoms with Crippen molar-refractivity contribution < 1.29 is 29.9 Å². The Labute approximate surface area is 160 Å². The van der Waals surface area contributed by atoms with Crippen molar-refractivity contribution in [3.63, 3.8) is 0 Å². The molecule has 1 aromatic rings. The summed E-state index contributed by atoms with van der Waals surface area (Å²) in [5.41, 5.74) is 0. The van der Waals surface area contributed by atoms with Crippen molar-refractivity contribution >= 4 is 0 Å². The standard InChI is InChI=1S/C18H33N3O6/c1-20-7-5-19-16(20)12-21-6-4-9-26-8-2-3-10-27-18(15(24)13-22)17(25)14(23)11-21/h5,7,14-15,17-18,22-25H,2-4,6,8-13H2,1H3/t14-,15-,17-,18-/m1/s1. The molecule has 0 unspecified atom stereocenters. The van der Waals surface area contributed by atoms with Gasteiger partial charge in [-0.25, -0.2) is 4.98 Å². The summed E-state index contributed by atoms with van der Waals surface area (Å²) in [6.45, 7) is 2.39. The van der Waals surface area contributed by atoms with E-state index in [0.29, 0.717) is 39.3 Å². The predicted molar refractivity (Wildman–Crippen MR) is 98.0 cm³/mol. The lowest BCUT2D eigenvalue weighted by molar-refractivity contribution is -0.147. The summed E-state index contributed by atoms with van der Waals surface area (Å²) in [6, 6.07) is 0. The molecule has 1 saturated heterocycles. The molecular formula is C18H33N3O6. The highest BCUT2D eigenvalue weighted by molar-refractivity contribution is 4.92. The lowest BCUT2D eigenvalue weighted by atomic mass is 10.0. The van der Waals surface area contributed by atoms with Crippen LogP contribution in [0.1, 0.15) is 25.1 Å². The minimum Gasteiger partial charge on any atom is -0.394 e. The number of aliphatic hydroxyl groups is 4. The number of aryl methyl sites for hydroxylation is 1.